The zero-order valence-corrected chi connectivity index (χ0v) is 10.5. The van der Waals surface area contributed by atoms with Gasteiger partial charge in [0, 0.05) is 22.0 Å². The number of hydrazine groups is 1. The number of nitrogens with one attached hydrogen (secondary N) is 1. The Kier molecular flexibility index (Phi) is 5.13. The molecular formula is C11H12BrClN2. The van der Waals surface area contributed by atoms with Crippen LogP contribution in [0, 0.1) is 12.3 Å². The summed E-state index contributed by atoms with van der Waals surface area (Å²) in [5.74, 6) is 8.06. The second kappa shape index (κ2) is 6.14. The first-order valence-corrected chi connectivity index (χ1v) is 5.70. The highest BCUT2D eigenvalue weighted by Gasteiger charge is 2.12. The minimum absolute atomic E-state index is 0.00829. The van der Waals surface area contributed by atoms with Gasteiger partial charge in [-0.2, -0.15) is 0 Å². The molecule has 0 spiro atoms. The highest BCUT2D eigenvalue weighted by Crippen LogP contribution is 2.28. The van der Waals surface area contributed by atoms with E-state index < -0.39 is 0 Å². The van der Waals surface area contributed by atoms with Gasteiger partial charge in [-0.3, -0.25) is 11.3 Å². The SMILES string of the molecule is C#CCCC(NN)c1cc(Br)ccc1Cl. The lowest BCUT2D eigenvalue weighted by Gasteiger charge is -2.16. The van der Waals surface area contributed by atoms with Crippen LogP contribution in [0.15, 0.2) is 22.7 Å². The Morgan fingerprint density at radius 2 is 2.33 bits per heavy atom. The summed E-state index contributed by atoms with van der Waals surface area (Å²) in [5, 5.41) is 0.693. The number of hydrogen-bond acceptors (Lipinski definition) is 2. The average molecular weight is 288 g/mol. The second-order valence-corrected chi connectivity index (χ2v) is 4.45. The van der Waals surface area contributed by atoms with Crippen molar-refractivity contribution in [1.82, 2.24) is 5.43 Å². The Balaban J connectivity index is 2.91. The smallest absolute Gasteiger partial charge is 0.0484 e. The molecule has 1 rings (SSSR count). The first-order valence-electron chi connectivity index (χ1n) is 4.53. The van der Waals surface area contributed by atoms with Crippen molar-refractivity contribution in [2.24, 2.45) is 5.84 Å². The zero-order chi connectivity index (χ0) is 11.3. The van der Waals surface area contributed by atoms with E-state index >= 15 is 0 Å². The first-order chi connectivity index (χ1) is 7.19. The van der Waals surface area contributed by atoms with Crippen LogP contribution in [-0.4, -0.2) is 0 Å². The van der Waals surface area contributed by atoms with Gasteiger partial charge in [0.2, 0.25) is 0 Å². The number of nitrogens with two attached hydrogens (primary N) is 1. The molecule has 1 aromatic rings. The molecule has 0 saturated heterocycles. The highest BCUT2D eigenvalue weighted by atomic mass is 79.9. The topological polar surface area (TPSA) is 38.0 Å². The van der Waals surface area contributed by atoms with Crippen molar-refractivity contribution >= 4 is 27.5 Å². The van der Waals surface area contributed by atoms with Crippen LogP contribution in [0.25, 0.3) is 0 Å². The minimum atomic E-state index is -0.00829. The quantitative estimate of drug-likeness (QED) is 0.507. The number of hydrogen-bond donors (Lipinski definition) is 2. The van der Waals surface area contributed by atoms with E-state index in [-0.39, 0.29) is 6.04 Å². The fraction of sp³-hybridized carbons (Fsp3) is 0.273. The summed E-state index contributed by atoms with van der Waals surface area (Å²) in [7, 11) is 0. The molecular weight excluding hydrogens is 275 g/mol. The molecule has 0 bridgehead atoms. The third-order valence-corrected chi connectivity index (χ3v) is 2.95. The minimum Gasteiger partial charge on any atom is -0.271 e. The molecule has 0 amide bonds. The maximum Gasteiger partial charge on any atom is 0.0484 e. The zero-order valence-electron chi connectivity index (χ0n) is 8.13. The molecule has 0 aliphatic carbocycles. The summed E-state index contributed by atoms with van der Waals surface area (Å²) in [4.78, 5) is 0. The lowest BCUT2D eigenvalue weighted by molar-refractivity contribution is 0.524. The summed E-state index contributed by atoms with van der Waals surface area (Å²) in [6.07, 6.45) is 6.65. The van der Waals surface area contributed by atoms with Crippen molar-refractivity contribution in [3.8, 4) is 12.3 Å². The lowest BCUT2D eigenvalue weighted by atomic mass is 10.0. The molecule has 80 valence electrons. The van der Waals surface area contributed by atoms with Crippen LogP contribution in [0.3, 0.4) is 0 Å². The number of halogens is 2. The van der Waals surface area contributed by atoms with Crippen LogP contribution in [0.4, 0.5) is 0 Å². The predicted octanol–water partition coefficient (Wildman–Crippen LogP) is 3.02. The molecule has 0 aliphatic rings. The van der Waals surface area contributed by atoms with Gasteiger partial charge in [-0.1, -0.05) is 27.5 Å². The van der Waals surface area contributed by atoms with Crippen molar-refractivity contribution in [2.45, 2.75) is 18.9 Å². The van der Waals surface area contributed by atoms with E-state index in [4.69, 9.17) is 23.9 Å². The average Bonchev–Trinajstić information content (AvgIpc) is 2.24. The largest absolute Gasteiger partial charge is 0.271 e. The number of rotatable bonds is 4. The number of terminal acetylenes is 1. The standard InChI is InChI=1S/C11H12BrClN2/c1-2-3-4-11(15-14)9-7-8(12)5-6-10(9)13/h1,5-7,11,15H,3-4,14H2. The Morgan fingerprint density at radius 3 is 2.93 bits per heavy atom. The molecule has 0 aromatic heterocycles. The van der Waals surface area contributed by atoms with Gasteiger partial charge in [0.1, 0.15) is 0 Å². The normalized spacial score (nSPS) is 12.1. The third-order valence-electron chi connectivity index (χ3n) is 2.11. The Morgan fingerprint density at radius 1 is 1.60 bits per heavy atom. The van der Waals surface area contributed by atoms with Crippen LogP contribution in [0.5, 0.6) is 0 Å². The van der Waals surface area contributed by atoms with Crippen LogP contribution < -0.4 is 11.3 Å². The monoisotopic (exact) mass is 286 g/mol. The van der Waals surface area contributed by atoms with Crippen molar-refractivity contribution in [3.05, 3.63) is 33.3 Å². The van der Waals surface area contributed by atoms with Gasteiger partial charge < -0.3 is 0 Å². The highest BCUT2D eigenvalue weighted by molar-refractivity contribution is 9.10. The van der Waals surface area contributed by atoms with Gasteiger partial charge in [0.25, 0.3) is 0 Å². The van der Waals surface area contributed by atoms with Gasteiger partial charge in [-0.05, 0) is 30.2 Å². The van der Waals surface area contributed by atoms with Crippen LogP contribution in [0.2, 0.25) is 5.02 Å². The molecule has 0 radical (unpaired) electrons. The van der Waals surface area contributed by atoms with Crippen LogP contribution >= 0.6 is 27.5 Å². The fourth-order valence-electron chi connectivity index (χ4n) is 1.34. The van der Waals surface area contributed by atoms with Gasteiger partial charge in [0.15, 0.2) is 0 Å². The predicted molar refractivity (Wildman–Crippen MR) is 67.3 cm³/mol. The fourth-order valence-corrected chi connectivity index (χ4v) is 1.97. The Bertz CT molecular complexity index is 373. The molecule has 15 heavy (non-hydrogen) atoms. The van der Waals surface area contributed by atoms with Crippen LogP contribution in [0.1, 0.15) is 24.4 Å². The molecule has 0 aliphatic heterocycles. The molecule has 4 heteroatoms. The summed E-state index contributed by atoms with van der Waals surface area (Å²) in [5.41, 5.74) is 3.68. The summed E-state index contributed by atoms with van der Waals surface area (Å²) in [6.45, 7) is 0. The molecule has 0 fully saturated rings. The summed E-state index contributed by atoms with van der Waals surface area (Å²) < 4.78 is 0.975. The van der Waals surface area contributed by atoms with Gasteiger partial charge >= 0.3 is 0 Å². The lowest BCUT2D eigenvalue weighted by Crippen LogP contribution is -2.28. The Labute approximate surface area is 103 Å². The van der Waals surface area contributed by atoms with E-state index in [9.17, 15) is 0 Å². The van der Waals surface area contributed by atoms with Gasteiger partial charge in [-0.25, -0.2) is 0 Å². The van der Waals surface area contributed by atoms with E-state index in [1.165, 1.54) is 0 Å². The van der Waals surface area contributed by atoms with Crippen LogP contribution in [-0.2, 0) is 0 Å². The van der Waals surface area contributed by atoms with Crippen molar-refractivity contribution in [2.75, 3.05) is 0 Å². The van der Waals surface area contributed by atoms with Gasteiger partial charge in [0.05, 0.1) is 0 Å². The number of benzene rings is 1. The van der Waals surface area contributed by atoms with E-state index in [1.54, 1.807) is 0 Å². The molecule has 1 unspecified atom stereocenters. The van der Waals surface area contributed by atoms with Gasteiger partial charge in [-0.15, -0.1) is 12.3 Å². The molecule has 1 atom stereocenters. The van der Waals surface area contributed by atoms with Crippen molar-refractivity contribution in [3.63, 3.8) is 0 Å². The maximum absolute atomic E-state index is 6.08. The maximum atomic E-state index is 6.08. The van der Waals surface area contributed by atoms with Crippen molar-refractivity contribution in [1.29, 1.82) is 0 Å². The summed E-state index contributed by atoms with van der Waals surface area (Å²) in [6, 6.07) is 5.66. The second-order valence-electron chi connectivity index (χ2n) is 3.13. The molecule has 1 aromatic carbocycles. The van der Waals surface area contributed by atoms with E-state index in [1.807, 2.05) is 18.2 Å². The molecule has 2 nitrogen and oxygen atoms in total. The summed E-state index contributed by atoms with van der Waals surface area (Å²) >= 11 is 9.48. The third kappa shape index (κ3) is 3.51. The molecule has 0 saturated carbocycles. The Hall–Kier alpha value is -0.530. The molecule has 0 heterocycles. The van der Waals surface area contributed by atoms with Crippen molar-refractivity contribution < 1.29 is 0 Å². The molecule has 3 N–H and O–H groups in total. The first kappa shape index (κ1) is 12.5. The van der Waals surface area contributed by atoms with E-state index in [0.29, 0.717) is 11.4 Å². The van der Waals surface area contributed by atoms with E-state index in [2.05, 4.69) is 27.3 Å². The van der Waals surface area contributed by atoms with E-state index in [0.717, 1.165) is 16.5 Å².